The largest absolute Gasteiger partial charge is 0.391 e. The Morgan fingerprint density at radius 1 is 1.18 bits per heavy atom. The molecule has 1 aliphatic carbocycles. The molecule has 0 bridgehead atoms. The fraction of sp³-hybridized carbons (Fsp3) is 0.529. The van der Waals surface area contributed by atoms with Crippen LogP contribution in [0, 0.1) is 11.8 Å². The van der Waals surface area contributed by atoms with Crippen molar-refractivity contribution in [2.24, 2.45) is 11.8 Å². The molecule has 3 atom stereocenters. The molecule has 1 aliphatic heterocycles. The van der Waals surface area contributed by atoms with Gasteiger partial charge in [-0.05, 0) is 30.7 Å². The summed E-state index contributed by atoms with van der Waals surface area (Å²) in [5.74, 6) is -0.0329. The zero-order valence-corrected chi connectivity index (χ0v) is 25.9. The van der Waals surface area contributed by atoms with Gasteiger partial charge in [-0.3, -0.25) is 14.4 Å². The van der Waals surface area contributed by atoms with Crippen LogP contribution in [0.2, 0.25) is 0 Å². The molecule has 1 fully saturated rings. The molecule has 3 amide bonds. The maximum absolute atomic E-state index is 14.2. The first-order valence-corrected chi connectivity index (χ1v) is 16.0. The lowest BCUT2D eigenvalue weighted by molar-refractivity contribution is -0.127. The number of aromatic amines is 2. The van der Waals surface area contributed by atoms with Crippen molar-refractivity contribution in [2.45, 2.75) is 96.4 Å². The fourth-order valence-electron chi connectivity index (χ4n) is 6.59. The third-order valence-electron chi connectivity index (χ3n) is 9.14. The molecule has 10 nitrogen and oxygen atoms in total. The molecule has 0 radical (unpaired) electrons. The molecule has 3 aromatic rings. The van der Waals surface area contributed by atoms with Gasteiger partial charge in [0.1, 0.15) is 11.7 Å². The summed E-state index contributed by atoms with van der Waals surface area (Å²) in [6.07, 6.45) is 9.54. The Kier molecular flexibility index (Phi) is 10.2. The molecule has 236 valence electrons. The van der Waals surface area contributed by atoms with E-state index in [4.69, 9.17) is 0 Å². The standard InChI is InChI=1S/C34H46N6O4/c1-21(2)13-14-36-32(42)22(3)15-30(41)28(16-23-9-5-4-6-10-23)39-33(43)29(17-24-18-35-20-37-24)40-19-26-25-11-7-8-12-27(25)38-31(26)34(40)44/h7-8,11-12,18,20-21,23,28-30,38,41H,3-6,9-10,13-17,19H2,1-2H3,(H,35,37)(H,36,42)(H,39,43)/t28-,29-,30-/m0/s1. The van der Waals surface area contributed by atoms with Crippen LogP contribution >= 0.6 is 0 Å². The number of carbonyl (C=O) groups is 3. The number of carbonyl (C=O) groups excluding carboxylic acids is 3. The summed E-state index contributed by atoms with van der Waals surface area (Å²) in [5, 5.41) is 18.4. The van der Waals surface area contributed by atoms with Crippen LogP contribution in [0.15, 0.2) is 48.9 Å². The summed E-state index contributed by atoms with van der Waals surface area (Å²) in [7, 11) is 0. The quantitative estimate of drug-likeness (QED) is 0.174. The van der Waals surface area contributed by atoms with Crippen molar-refractivity contribution in [3.05, 3.63) is 65.9 Å². The first kappa shape index (κ1) is 31.5. The van der Waals surface area contributed by atoms with Crippen molar-refractivity contribution in [2.75, 3.05) is 6.54 Å². The molecule has 0 spiro atoms. The third kappa shape index (κ3) is 7.41. The summed E-state index contributed by atoms with van der Waals surface area (Å²) in [4.78, 5) is 52.7. The normalized spacial score (nSPS) is 17.5. The average molecular weight is 603 g/mol. The monoisotopic (exact) mass is 602 g/mol. The number of rotatable bonds is 14. The van der Waals surface area contributed by atoms with Crippen LogP contribution < -0.4 is 10.6 Å². The van der Waals surface area contributed by atoms with E-state index in [-0.39, 0.29) is 36.1 Å². The number of benzene rings is 1. The molecule has 0 unspecified atom stereocenters. The number of aliphatic hydroxyl groups is 1. The van der Waals surface area contributed by atoms with Crippen LogP contribution in [0.3, 0.4) is 0 Å². The topological polar surface area (TPSA) is 143 Å². The van der Waals surface area contributed by atoms with E-state index in [1.807, 2.05) is 24.3 Å². The number of hydrogen-bond donors (Lipinski definition) is 5. The lowest BCUT2D eigenvalue weighted by Crippen LogP contribution is -2.54. The zero-order valence-electron chi connectivity index (χ0n) is 25.9. The molecule has 10 heteroatoms. The molecule has 3 heterocycles. The van der Waals surface area contributed by atoms with Gasteiger partial charge in [0.2, 0.25) is 11.8 Å². The van der Waals surface area contributed by atoms with Crippen LogP contribution in [-0.2, 0) is 22.6 Å². The van der Waals surface area contributed by atoms with Crippen molar-refractivity contribution in [3.63, 3.8) is 0 Å². The number of hydrogen-bond acceptors (Lipinski definition) is 5. The van der Waals surface area contributed by atoms with Crippen molar-refractivity contribution >= 4 is 28.6 Å². The van der Waals surface area contributed by atoms with Gasteiger partial charge in [-0.1, -0.05) is 70.7 Å². The summed E-state index contributed by atoms with van der Waals surface area (Å²) in [5.41, 5.74) is 3.23. The summed E-state index contributed by atoms with van der Waals surface area (Å²) >= 11 is 0. The van der Waals surface area contributed by atoms with Crippen molar-refractivity contribution in [1.82, 2.24) is 30.5 Å². The first-order valence-electron chi connectivity index (χ1n) is 16.0. The maximum Gasteiger partial charge on any atom is 0.271 e. The second kappa shape index (κ2) is 14.2. The molecule has 2 aromatic heterocycles. The highest BCUT2D eigenvalue weighted by Crippen LogP contribution is 2.33. The molecule has 1 saturated carbocycles. The van der Waals surface area contributed by atoms with Gasteiger partial charge in [-0.15, -0.1) is 0 Å². The molecule has 5 rings (SSSR count). The number of para-hydroxylation sites is 1. The summed E-state index contributed by atoms with van der Waals surface area (Å²) in [6.45, 7) is 8.98. The lowest BCUT2D eigenvalue weighted by Gasteiger charge is -2.33. The molecular weight excluding hydrogens is 556 g/mol. The number of H-pyrrole nitrogens is 2. The van der Waals surface area contributed by atoms with Crippen molar-refractivity contribution < 1.29 is 19.5 Å². The third-order valence-corrected chi connectivity index (χ3v) is 9.14. The minimum Gasteiger partial charge on any atom is -0.391 e. The van der Waals surface area contributed by atoms with Gasteiger partial charge in [-0.2, -0.15) is 0 Å². The van der Waals surface area contributed by atoms with Gasteiger partial charge in [0, 0.05) is 54.2 Å². The fourth-order valence-corrected chi connectivity index (χ4v) is 6.59. The maximum atomic E-state index is 14.2. The van der Waals surface area contributed by atoms with E-state index in [9.17, 15) is 19.5 Å². The Hall–Kier alpha value is -3.92. The predicted molar refractivity (Wildman–Crippen MR) is 170 cm³/mol. The Bertz CT molecular complexity index is 1460. The van der Waals surface area contributed by atoms with Gasteiger partial charge >= 0.3 is 0 Å². The van der Waals surface area contributed by atoms with Crippen LogP contribution in [0.5, 0.6) is 0 Å². The first-order chi connectivity index (χ1) is 21.2. The van der Waals surface area contributed by atoms with Crippen LogP contribution in [0.4, 0.5) is 0 Å². The minimum atomic E-state index is -0.999. The molecule has 5 N–H and O–H groups in total. The van der Waals surface area contributed by atoms with E-state index >= 15 is 0 Å². The number of fused-ring (bicyclic) bond motifs is 3. The predicted octanol–water partition coefficient (Wildman–Crippen LogP) is 4.38. The molecular formula is C34H46N6O4. The Morgan fingerprint density at radius 2 is 1.95 bits per heavy atom. The smallest absolute Gasteiger partial charge is 0.271 e. The van der Waals surface area contributed by atoms with E-state index in [0.29, 0.717) is 42.7 Å². The highest BCUT2D eigenvalue weighted by Gasteiger charge is 2.40. The number of nitrogens with one attached hydrogen (secondary N) is 4. The number of amides is 3. The summed E-state index contributed by atoms with van der Waals surface area (Å²) in [6, 6.07) is 6.35. The molecule has 0 saturated heterocycles. The van der Waals surface area contributed by atoms with Crippen molar-refractivity contribution in [3.8, 4) is 0 Å². The van der Waals surface area contributed by atoms with E-state index in [2.05, 4.69) is 46.0 Å². The average Bonchev–Trinajstić information content (AvgIpc) is 3.73. The Morgan fingerprint density at radius 3 is 2.68 bits per heavy atom. The Labute approximate surface area is 259 Å². The molecule has 1 aromatic carbocycles. The van der Waals surface area contributed by atoms with Gasteiger partial charge in [0.25, 0.3) is 5.91 Å². The zero-order chi connectivity index (χ0) is 31.2. The van der Waals surface area contributed by atoms with E-state index in [1.165, 1.54) is 6.42 Å². The second-order valence-electron chi connectivity index (χ2n) is 12.9. The highest BCUT2D eigenvalue weighted by atomic mass is 16.3. The van der Waals surface area contributed by atoms with Crippen molar-refractivity contribution in [1.29, 1.82) is 0 Å². The van der Waals surface area contributed by atoms with Crippen LogP contribution in [0.25, 0.3) is 10.9 Å². The van der Waals surface area contributed by atoms with Crippen LogP contribution in [0.1, 0.15) is 87.0 Å². The van der Waals surface area contributed by atoms with E-state index in [1.54, 1.807) is 17.4 Å². The summed E-state index contributed by atoms with van der Waals surface area (Å²) < 4.78 is 0. The van der Waals surface area contributed by atoms with Gasteiger partial charge in [0.15, 0.2) is 0 Å². The number of imidazole rings is 1. The lowest BCUT2D eigenvalue weighted by atomic mass is 9.83. The number of nitrogens with zero attached hydrogens (tertiary/aromatic N) is 2. The van der Waals surface area contributed by atoms with Gasteiger partial charge < -0.3 is 30.6 Å². The second-order valence-corrected chi connectivity index (χ2v) is 12.9. The number of aliphatic hydroxyl groups excluding tert-OH is 1. The number of aromatic nitrogens is 3. The SMILES string of the molecule is C=C(C[C@H](O)[C@H](CC1CCCCC1)NC(=O)[C@H](Cc1c[nH]cn1)N1Cc2c([nH]c3ccccc23)C1=O)C(=O)NCCC(C)C. The van der Waals surface area contributed by atoms with E-state index in [0.717, 1.165) is 48.6 Å². The molecule has 2 aliphatic rings. The van der Waals surface area contributed by atoms with Gasteiger partial charge in [0.05, 0.1) is 24.2 Å². The highest BCUT2D eigenvalue weighted by molar-refractivity contribution is 6.05. The van der Waals surface area contributed by atoms with Crippen LogP contribution in [-0.4, -0.2) is 67.4 Å². The Balaban J connectivity index is 1.34. The van der Waals surface area contributed by atoms with Gasteiger partial charge in [-0.25, -0.2) is 4.98 Å². The molecule has 44 heavy (non-hydrogen) atoms. The minimum absolute atomic E-state index is 0.0500. The van der Waals surface area contributed by atoms with E-state index < -0.39 is 18.2 Å².